The topological polar surface area (TPSA) is 38.3 Å². The van der Waals surface area contributed by atoms with Gasteiger partial charge in [0.05, 0.1) is 0 Å². The normalized spacial score (nSPS) is 11.6. The van der Waals surface area contributed by atoms with Gasteiger partial charge in [0, 0.05) is 6.54 Å². The summed E-state index contributed by atoms with van der Waals surface area (Å²) < 4.78 is 15.7. The molecule has 1 atom stereocenters. The van der Waals surface area contributed by atoms with Crippen LogP contribution in [-0.2, 0) is 9.09 Å². The number of hydrogen-bond donors (Lipinski definition) is 1. The van der Waals surface area contributed by atoms with E-state index in [1.807, 2.05) is 6.92 Å². The van der Waals surface area contributed by atoms with Crippen LogP contribution in [0.4, 0.5) is 0 Å². The van der Waals surface area contributed by atoms with Crippen molar-refractivity contribution in [2.45, 2.75) is 26.7 Å². The molecule has 0 aromatic rings. The summed E-state index contributed by atoms with van der Waals surface area (Å²) in [5.74, 6) is 0. The molecular formula is C6H15NO2P+. The lowest BCUT2D eigenvalue weighted by Crippen LogP contribution is -2.02. The second kappa shape index (κ2) is 7.13. The van der Waals surface area contributed by atoms with Gasteiger partial charge in [0.1, 0.15) is 6.61 Å². The minimum Gasteiger partial charge on any atom is -0.130 e. The van der Waals surface area contributed by atoms with Crippen LogP contribution in [0.3, 0.4) is 0 Å². The van der Waals surface area contributed by atoms with E-state index in [9.17, 15) is 4.57 Å². The maximum absolute atomic E-state index is 10.7. The van der Waals surface area contributed by atoms with Crippen LogP contribution < -0.4 is 5.09 Å². The summed E-state index contributed by atoms with van der Waals surface area (Å²) in [7, 11) is -1.59. The second-order valence-corrected chi connectivity index (χ2v) is 3.04. The fraction of sp³-hybridized carbons (Fsp3) is 1.00. The van der Waals surface area contributed by atoms with Crippen molar-refractivity contribution in [2.24, 2.45) is 0 Å². The Kier molecular flexibility index (Phi) is 7.15. The summed E-state index contributed by atoms with van der Waals surface area (Å²) in [5, 5.41) is 2.69. The third-order valence-electron chi connectivity index (χ3n) is 0.994. The fourth-order valence-corrected chi connectivity index (χ4v) is 1.11. The van der Waals surface area contributed by atoms with E-state index in [0.717, 1.165) is 12.8 Å². The van der Waals surface area contributed by atoms with E-state index < -0.39 is 8.18 Å². The summed E-state index contributed by atoms with van der Waals surface area (Å²) >= 11 is 0. The first-order valence-electron chi connectivity index (χ1n) is 3.65. The van der Waals surface area contributed by atoms with Gasteiger partial charge in [-0.05, 0) is 17.9 Å². The lowest BCUT2D eigenvalue weighted by Gasteiger charge is -1.87. The van der Waals surface area contributed by atoms with Crippen molar-refractivity contribution in [3.63, 3.8) is 0 Å². The Morgan fingerprint density at radius 1 is 1.50 bits per heavy atom. The van der Waals surface area contributed by atoms with Crippen molar-refractivity contribution >= 4 is 8.18 Å². The van der Waals surface area contributed by atoms with Crippen molar-refractivity contribution in [1.82, 2.24) is 5.09 Å². The van der Waals surface area contributed by atoms with Gasteiger partial charge in [-0.1, -0.05) is 18.4 Å². The fourth-order valence-electron chi connectivity index (χ4n) is 0.467. The maximum Gasteiger partial charge on any atom is 0.612 e. The molecule has 0 spiro atoms. The smallest absolute Gasteiger partial charge is 0.130 e. The van der Waals surface area contributed by atoms with E-state index in [2.05, 4.69) is 12.0 Å². The molecule has 0 rings (SSSR count). The molecule has 0 aliphatic carbocycles. The molecule has 4 heteroatoms. The Morgan fingerprint density at radius 2 is 2.20 bits per heavy atom. The summed E-state index contributed by atoms with van der Waals surface area (Å²) in [6.07, 6.45) is 2.06. The molecule has 0 heterocycles. The molecule has 3 nitrogen and oxygen atoms in total. The van der Waals surface area contributed by atoms with Crippen molar-refractivity contribution in [3.05, 3.63) is 0 Å². The molecule has 0 aliphatic heterocycles. The van der Waals surface area contributed by atoms with Crippen LogP contribution in [0.5, 0.6) is 0 Å². The molecule has 0 aromatic heterocycles. The van der Waals surface area contributed by atoms with Gasteiger partial charge < -0.3 is 0 Å². The summed E-state index contributed by atoms with van der Waals surface area (Å²) in [6, 6.07) is 0. The molecule has 0 aliphatic rings. The summed E-state index contributed by atoms with van der Waals surface area (Å²) in [5.41, 5.74) is 0. The first-order valence-corrected chi connectivity index (χ1v) is 4.82. The van der Waals surface area contributed by atoms with Crippen LogP contribution >= 0.6 is 8.18 Å². The van der Waals surface area contributed by atoms with Gasteiger partial charge in [0.25, 0.3) is 0 Å². The summed E-state index contributed by atoms with van der Waals surface area (Å²) in [4.78, 5) is 0. The Morgan fingerprint density at radius 3 is 2.70 bits per heavy atom. The van der Waals surface area contributed by atoms with E-state index in [-0.39, 0.29) is 0 Å². The number of hydrogen-bond acceptors (Lipinski definition) is 2. The molecule has 1 N–H and O–H groups in total. The minimum absolute atomic E-state index is 0.596. The lowest BCUT2D eigenvalue weighted by molar-refractivity contribution is 0.315. The van der Waals surface area contributed by atoms with Gasteiger partial charge in [0.15, 0.2) is 0 Å². The molecule has 0 saturated carbocycles. The molecule has 0 aromatic carbocycles. The Hall–Kier alpha value is 0.0200. The molecule has 0 amide bonds. The number of nitrogens with one attached hydrogen (secondary N) is 1. The molecule has 0 radical (unpaired) electrons. The quantitative estimate of drug-likeness (QED) is 0.482. The van der Waals surface area contributed by atoms with Crippen LogP contribution in [0, 0.1) is 0 Å². The van der Waals surface area contributed by atoms with Crippen LogP contribution in [0.2, 0.25) is 0 Å². The highest BCUT2D eigenvalue weighted by molar-refractivity contribution is 7.36. The SMILES string of the molecule is CCCCO[P+](=O)NCC. The Balaban J connectivity index is 3.05. The van der Waals surface area contributed by atoms with Crippen molar-refractivity contribution in [3.8, 4) is 0 Å². The Bertz CT molecular complexity index is 97.7. The molecule has 60 valence electrons. The summed E-state index contributed by atoms with van der Waals surface area (Å²) in [6.45, 7) is 5.26. The predicted molar refractivity (Wildman–Crippen MR) is 42.1 cm³/mol. The van der Waals surface area contributed by atoms with E-state index in [0.29, 0.717) is 13.2 Å². The average molecular weight is 164 g/mol. The van der Waals surface area contributed by atoms with Gasteiger partial charge in [-0.25, -0.2) is 0 Å². The van der Waals surface area contributed by atoms with Crippen LogP contribution in [-0.4, -0.2) is 13.2 Å². The third kappa shape index (κ3) is 6.14. The van der Waals surface area contributed by atoms with E-state index in [1.54, 1.807) is 0 Å². The van der Waals surface area contributed by atoms with Gasteiger partial charge in [0.2, 0.25) is 0 Å². The van der Waals surface area contributed by atoms with Gasteiger partial charge in [-0.15, -0.1) is 4.52 Å². The van der Waals surface area contributed by atoms with E-state index >= 15 is 0 Å². The minimum atomic E-state index is -1.59. The van der Waals surface area contributed by atoms with Crippen LogP contribution in [0.15, 0.2) is 0 Å². The molecule has 0 bridgehead atoms. The number of unbranched alkanes of at least 4 members (excludes halogenated alkanes) is 1. The van der Waals surface area contributed by atoms with Crippen molar-refractivity contribution < 1.29 is 9.09 Å². The van der Waals surface area contributed by atoms with Crippen molar-refractivity contribution in [2.75, 3.05) is 13.2 Å². The van der Waals surface area contributed by atoms with Gasteiger partial charge in [-0.2, -0.15) is 0 Å². The molecule has 1 unspecified atom stereocenters. The highest BCUT2D eigenvalue weighted by Crippen LogP contribution is 2.15. The highest BCUT2D eigenvalue weighted by atomic mass is 31.1. The van der Waals surface area contributed by atoms with E-state index in [1.165, 1.54) is 0 Å². The third-order valence-corrected chi connectivity index (χ3v) is 1.99. The molecule has 0 fully saturated rings. The highest BCUT2D eigenvalue weighted by Gasteiger charge is 2.13. The molecular weight excluding hydrogens is 149 g/mol. The number of rotatable bonds is 6. The zero-order valence-electron chi connectivity index (χ0n) is 6.59. The zero-order valence-corrected chi connectivity index (χ0v) is 7.49. The lowest BCUT2D eigenvalue weighted by atomic mass is 10.4. The standard InChI is InChI=1S/C6H15NO2P/c1-3-5-6-9-10(8)7-4-2/h3-6H2,1-2H3,(H,7,8)/q+1. The van der Waals surface area contributed by atoms with Gasteiger partial charge >= 0.3 is 8.18 Å². The first kappa shape index (κ1) is 10.0. The monoisotopic (exact) mass is 164 g/mol. The second-order valence-electron chi connectivity index (χ2n) is 1.96. The van der Waals surface area contributed by atoms with E-state index in [4.69, 9.17) is 4.52 Å². The predicted octanol–water partition coefficient (Wildman–Crippen LogP) is 2.07. The first-order chi connectivity index (χ1) is 4.81. The molecule has 0 saturated heterocycles. The Labute approximate surface area is 63.1 Å². The van der Waals surface area contributed by atoms with Crippen LogP contribution in [0.1, 0.15) is 26.7 Å². The zero-order chi connectivity index (χ0) is 7.82. The van der Waals surface area contributed by atoms with Crippen LogP contribution in [0.25, 0.3) is 0 Å². The molecule has 10 heavy (non-hydrogen) atoms. The average Bonchev–Trinajstić information content (AvgIpc) is 1.89. The van der Waals surface area contributed by atoms with Gasteiger partial charge in [-0.3, -0.25) is 0 Å². The maximum atomic E-state index is 10.7. The van der Waals surface area contributed by atoms with Crippen molar-refractivity contribution in [1.29, 1.82) is 0 Å². The largest absolute Gasteiger partial charge is 0.612 e.